The number of nitrogens with one attached hydrogen (secondary N) is 1. The smallest absolute Gasteiger partial charge is 0.261 e. The third kappa shape index (κ3) is 3.45. The Kier molecular flexibility index (Phi) is 4.89. The van der Waals surface area contributed by atoms with Gasteiger partial charge in [-0.15, -0.1) is 10.2 Å². The Hall–Kier alpha value is -2.15. The zero-order chi connectivity index (χ0) is 14.4. The summed E-state index contributed by atoms with van der Waals surface area (Å²) >= 11 is 1.26. The van der Waals surface area contributed by atoms with Gasteiger partial charge in [-0.2, -0.15) is 0 Å². The summed E-state index contributed by atoms with van der Waals surface area (Å²) in [6.07, 6.45) is 0. The molecule has 1 amide bonds. The average Bonchev–Trinajstić information content (AvgIpc) is 2.92. The number of rotatable bonds is 6. The lowest BCUT2D eigenvalue weighted by atomic mass is 10.2. The Morgan fingerprint density at radius 2 is 2.10 bits per heavy atom. The van der Waals surface area contributed by atoms with Gasteiger partial charge in [-0.3, -0.25) is 10.1 Å². The molecule has 6 nitrogen and oxygen atoms in total. The number of hydrogen-bond acceptors (Lipinski definition) is 6. The summed E-state index contributed by atoms with van der Waals surface area (Å²) in [7, 11) is 0. The molecule has 0 bridgehead atoms. The molecule has 0 saturated heterocycles. The molecule has 0 aliphatic heterocycles. The second-order valence-electron chi connectivity index (χ2n) is 3.72. The van der Waals surface area contributed by atoms with Gasteiger partial charge >= 0.3 is 0 Å². The van der Waals surface area contributed by atoms with Crippen LogP contribution in [0.15, 0.2) is 23.7 Å². The van der Waals surface area contributed by atoms with Crippen LogP contribution in [0.1, 0.15) is 24.2 Å². The van der Waals surface area contributed by atoms with Gasteiger partial charge in [-0.1, -0.05) is 11.3 Å². The van der Waals surface area contributed by atoms with E-state index in [1.807, 2.05) is 13.8 Å². The number of aromatic nitrogens is 2. The number of benzene rings is 1. The van der Waals surface area contributed by atoms with Crippen LogP contribution in [0.5, 0.6) is 11.5 Å². The van der Waals surface area contributed by atoms with Crippen LogP contribution < -0.4 is 14.8 Å². The SMILES string of the molecule is CCOc1ccc(C(=O)Nc2nncs2)c(OCC)c1. The largest absolute Gasteiger partial charge is 0.494 e. The van der Waals surface area contributed by atoms with E-state index >= 15 is 0 Å². The van der Waals surface area contributed by atoms with Crippen molar-refractivity contribution in [2.45, 2.75) is 13.8 Å². The molecular weight excluding hydrogens is 278 g/mol. The van der Waals surface area contributed by atoms with Crippen LogP contribution in [0.2, 0.25) is 0 Å². The van der Waals surface area contributed by atoms with Crippen LogP contribution in [-0.2, 0) is 0 Å². The van der Waals surface area contributed by atoms with Crippen LogP contribution in [0.3, 0.4) is 0 Å². The van der Waals surface area contributed by atoms with Gasteiger partial charge in [-0.05, 0) is 26.0 Å². The lowest BCUT2D eigenvalue weighted by Crippen LogP contribution is -2.13. The van der Waals surface area contributed by atoms with E-state index in [1.165, 1.54) is 11.3 Å². The monoisotopic (exact) mass is 293 g/mol. The molecule has 0 saturated carbocycles. The lowest BCUT2D eigenvalue weighted by molar-refractivity contribution is 0.102. The van der Waals surface area contributed by atoms with E-state index in [0.717, 1.165) is 0 Å². The fourth-order valence-corrected chi connectivity index (χ4v) is 2.05. The molecule has 0 unspecified atom stereocenters. The average molecular weight is 293 g/mol. The third-order valence-corrected chi connectivity index (χ3v) is 3.00. The number of carbonyl (C=O) groups is 1. The molecule has 106 valence electrons. The maximum Gasteiger partial charge on any atom is 0.261 e. The molecule has 0 aliphatic carbocycles. The molecule has 1 aromatic carbocycles. The Morgan fingerprint density at radius 1 is 1.30 bits per heavy atom. The van der Waals surface area contributed by atoms with Crippen molar-refractivity contribution in [3.8, 4) is 11.5 Å². The summed E-state index contributed by atoms with van der Waals surface area (Å²) < 4.78 is 10.9. The highest BCUT2D eigenvalue weighted by molar-refractivity contribution is 7.13. The first-order valence-corrected chi connectivity index (χ1v) is 7.09. The maximum atomic E-state index is 12.2. The minimum atomic E-state index is -0.284. The zero-order valence-corrected chi connectivity index (χ0v) is 12.1. The highest BCUT2D eigenvalue weighted by Gasteiger charge is 2.15. The summed E-state index contributed by atoms with van der Waals surface area (Å²) in [5, 5.41) is 10.6. The number of nitrogens with zero attached hydrogens (tertiary/aromatic N) is 2. The quantitative estimate of drug-likeness (QED) is 0.886. The highest BCUT2D eigenvalue weighted by Crippen LogP contribution is 2.26. The standard InChI is InChI=1S/C13H15N3O3S/c1-3-18-9-5-6-10(11(7-9)19-4-2)12(17)15-13-16-14-8-20-13/h5-8H,3-4H2,1-2H3,(H,15,16,17). The first-order chi connectivity index (χ1) is 9.74. The summed E-state index contributed by atoms with van der Waals surface area (Å²) in [5.74, 6) is 0.872. The van der Waals surface area contributed by atoms with Crippen LogP contribution in [0, 0.1) is 0 Å². The molecule has 2 aromatic rings. The molecule has 0 aliphatic rings. The van der Waals surface area contributed by atoms with Gasteiger partial charge in [0, 0.05) is 6.07 Å². The van der Waals surface area contributed by atoms with Gasteiger partial charge in [0.05, 0.1) is 18.8 Å². The first-order valence-electron chi connectivity index (χ1n) is 6.21. The second kappa shape index (κ2) is 6.85. The van der Waals surface area contributed by atoms with Crippen LogP contribution >= 0.6 is 11.3 Å². The van der Waals surface area contributed by atoms with Crippen molar-refractivity contribution in [2.75, 3.05) is 18.5 Å². The van der Waals surface area contributed by atoms with Gasteiger partial charge in [0.1, 0.15) is 17.0 Å². The van der Waals surface area contributed by atoms with E-state index in [1.54, 1.807) is 23.7 Å². The Labute approximate surface area is 120 Å². The van der Waals surface area contributed by atoms with E-state index in [4.69, 9.17) is 9.47 Å². The Bertz CT molecular complexity index is 572. The summed E-state index contributed by atoms with van der Waals surface area (Å²) in [5.41, 5.74) is 1.99. The van der Waals surface area contributed by atoms with Crippen molar-refractivity contribution >= 4 is 22.4 Å². The molecule has 1 aromatic heterocycles. The van der Waals surface area contributed by atoms with Crippen LogP contribution in [-0.4, -0.2) is 29.3 Å². The number of amides is 1. The van der Waals surface area contributed by atoms with Gasteiger partial charge < -0.3 is 9.47 Å². The maximum absolute atomic E-state index is 12.2. The number of anilines is 1. The third-order valence-electron chi connectivity index (χ3n) is 2.39. The molecule has 1 heterocycles. The molecule has 0 fully saturated rings. The van der Waals surface area contributed by atoms with Gasteiger partial charge in [0.2, 0.25) is 5.13 Å². The molecule has 20 heavy (non-hydrogen) atoms. The fraction of sp³-hybridized carbons (Fsp3) is 0.308. The van der Waals surface area contributed by atoms with Crippen molar-refractivity contribution in [1.29, 1.82) is 0 Å². The normalized spacial score (nSPS) is 10.1. The lowest BCUT2D eigenvalue weighted by Gasteiger charge is -2.11. The van der Waals surface area contributed by atoms with E-state index in [2.05, 4.69) is 15.5 Å². The topological polar surface area (TPSA) is 73.3 Å². The molecular formula is C13H15N3O3S. The predicted octanol–water partition coefficient (Wildman–Crippen LogP) is 2.59. The van der Waals surface area contributed by atoms with Crippen LogP contribution in [0.25, 0.3) is 0 Å². The molecule has 0 radical (unpaired) electrons. The zero-order valence-electron chi connectivity index (χ0n) is 11.3. The second-order valence-corrected chi connectivity index (χ2v) is 4.56. The van der Waals surface area contributed by atoms with E-state index in [0.29, 0.717) is 35.4 Å². The predicted molar refractivity (Wildman–Crippen MR) is 76.6 cm³/mol. The molecule has 0 atom stereocenters. The summed E-state index contributed by atoms with van der Waals surface area (Å²) in [6, 6.07) is 5.12. The molecule has 1 N–H and O–H groups in total. The van der Waals surface area contributed by atoms with Gasteiger partial charge in [0.15, 0.2) is 0 Å². The number of ether oxygens (including phenoxy) is 2. The Morgan fingerprint density at radius 3 is 2.75 bits per heavy atom. The van der Waals surface area contributed by atoms with E-state index in [-0.39, 0.29) is 5.91 Å². The minimum absolute atomic E-state index is 0.284. The van der Waals surface area contributed by atoms with Crippen molar-refractivity contribution in [3.05, 3.63) is 29.3 Å². The van der Waals surface area contributed by atoms with Gasteiger partial charge in [-0.25, -0.2) is 0 Å². The van der Waals surface area contributed by atoms with Crippen molar-refractivity contribution < 1.29 is 14.3 Å². The molecule has 2 rings (SSSR count). The fourth-order valence-electron chi connectivity index (χ4n) is 1.61. The summed E-state index contributed by atoms with van der Waals surface area (Å²) in [6.45, 7) is 4.78. The van der Waals surface area contributed by atoms with Crippen LogP contribution in [0.4, 0.5) is 5.13 Å². The molecule has 0 spiro atoms. The van der Waals surface area contributed by atoms with E-state index < -0.39 is 0 Å². The summed E-state index contributed by atoms with van der Waals surface area (Å²) in [4.78, 5) is 12.2. The van der Waals surface area contributed by atoms with E-state index in [9.17, 15) is 4.79 Å². The van der Waals surface area contributed by atoms with Crippen molar-refractivity contribution in [2.24, 2.45) is 0 Å². The molecule has 7 heteroatoms. The Balaban J connectivity index is 2.22. The van der Waals surface area contributed by atoms with Crippen molar-refractivity contribution in [1.82, 2.24) is 10.2 Å². The highest BCUT2D eigenvalue weighted by atomic mass is 32.1. The number of carbonyl (C=O) groups excluding carboxylic acids is 1. The van der Waals surface area contributed by atoms with Gasteiger partial charge in [0.25, 0.3) is 5.91 Å². The number of hydrogen-bond donors (Lipinski definition) is 1. The first kappa shape index (κ1) is 14.3. The minimum Gasteiger partial charge on any atom is -0.494 e. The van der Waals surface area contributed by atoms with Crippen molar-refractivity contribution in [3.63, 3.8) is 0 Å².